The molecular weight excluding hydrogens is 217 g/mol. The van der Waals surface area contributed by atoms with Crippen LogP contribution in [0.2, 0.25) is 0 Å². The Balaban J connectivity index is 2.37. The lowest BCUT2D eigenvalue weighted by atomic mass is 10.2. The highest BCUT2D eigenvalue weighted by Gasteiger charge is 2.29. The topological polar surface area (TPSA) is 9.23 Å². The van der Waals surface area contributed by atoms with E-state index in [-0.39, 0.29) is 6.61 Å². The second-order valence-corrected chi connectivity index (χ2v) is 3.12. The predicted octanol–water partition coefficient (Wildman–Crippen LogP) is 3.84. The van der Waals surface area contributed by atoms with E-state index in [2.05, 4.69) is 6.58 Å². The minimum atomic E-state index is -4.40. The summed E-state index contributed by atoms with van der Waals surface area (Å²) in [5, 5.41) is 0. The van der Waals surface area contributed by atoms with E-state index in [1.54, 1.807) is 0 Å². The van der Waals surface area contributed by atoms with Crippen molar-refractivity contribution in [3.05, 3.63) is 60.4 Å². The van der Waals surface area contributed by atoms with Gasteiger partial charge in [0, 0.05) is 0 Å². The molecule has 0 unspecified atom stereocenters. The molecule has 0 aliphatic heterocycles. The zero-order valence-electron chi connectivity index (χ0n) is 8.50. The summed E-state index contributed by atoms with van der Waals surface area (Å²) >= 11 is 0. The maximum absolute atomic E-state index is 12.0. The van der Waals surface area contributed by atoms with Crippen LogP contribution in [0.25, 0.3) is 0 Å². The van der Waals surface area contributed by atoms with Crippen molar-refractivity contribution in [1.29, 1.82) is 0 Å². The smallest absolute Gasteiger partial charge is 0.415 e. The van der Waals surface area contributed by atoms with Gasteiger partial charge in [-0.2, -0.15) is 13.2 Å². The van der Waals surface area contributed by atoms with Crippen molar-refractivity contribution in [2.24, 2.45) is 0 Å². The van der Waals surface area contributed by atoms with Crippen LogP contribution in [0.5, 0.6) is 0 Å². The first-order chi connectivity index (χ1) is 7.50. The van der Waals surface area contributed by atoms with Crippen LogP contribution in [0.4, 0.5) is 13.2 Å². The summed E-state index contributed by atoms with van der Waals surface area (Å²) in [6.07, 6.45) is -2.58. The fourth-order valence-electron chi connectivity index (χ4n) is 0.943. The molecule has 0 aromatic heterocycles. The van der Waals surface area contributed by atoms with Gasteiger partial charge < -0.3 is 4.74 Å². The molecule has 0 heterocycles. The van der Waals surface area contributed by atoms with E-state index in [1.165, 1.54) is 0 Å². The zero-order chi connectivity index (χ0) is 12.0. The van der Waals surface area contributed by atoms with Crippen LogP contribution in [-0.4, -0.2) is 6.18 Å². The quantitative estimate of drug-likeness (QED) is 0.562. The fraction of sp³-hybridized carbons (Fsp3) is 0.167. The van der Waals surface area contributed by atoms with Gasteiger partial charge >= 0.3 is 6.18 Å². The third-order valence-corrected chi connectivity index (χ3v) is 1.82. The fourth-order valence-corrected chi connectivity index (χ4v) is 0.943. The Morgan fingerprint density at radius 2 is 1.88 bits per heavy atom. The number of halogens is 3. The minimum Gasteiger partial charge on any atom is -0.497 e. The molecule has 0 aliphatic rings. The average molecular weight is 228 g/mol. The highest BCUT2D eigenvalue weighted by atomic mass is 19.4. The molecule has 1 aromatic rings. The average Bonchev–Trinajstić information content (AvgIpc) is 2.24. The Morgan fingerprint density at radius 1 is 1.25 bits per heavy atom. The number of hydrogen-bond acceptors (Lipinski definition) is 1. The van der Waals surface area contributed by atoms with Crippen molar-refractivity contribution in [2.75, 3.05) is 0 Å². The molecule has 0 amide bonds. The monoisotopic (exact) mass is 228 g/mol. The Hall–Kier alpha value is -1.71. The molecule has 0 N–H and O–H groups in total. The molecule has 0 saturated carbocycles. The van der Waals surface area contributed by atoms with Crippen molar-refractivity contribution >= 4 is 0 Å². The predicted molar refractivity (Wildman–Crippen MR) is 55.6 cm³/mol. The van der Waals surface area contributed by atoms with E-state index in [0.717, 1.165) is 17.9 Å². The van der Waals surface area contributed by atoms with Crippen LogP contribution in [0.15, 0.2) is 54.8 Å². The lowest BCUT2D eigenvalue weighted by Gasteiger charge is -2.05. The van der Waals surface area contributed by atoms with E-state index < -0.39 is 11.7 Å². The van der Waals surface area contributed by atoms with Gasteiger partial charge in [0.2, 0.25) is 0 Å². The van der Waals surface area contributed by atoms with E-state index in [1.807, 2.05) is 30.3 Å². The normalized spacial score (nSPS) is 11.7. The van der Waals surface area contributed by atoms with Crippen LogP contribution < -0.4 is 0 Å². The van der Waals surface area contributed by atoms with Gasteiger partial charge in [-0.1, -0.05) is 36.9 Å². The Kier molecular flexibility index (Phi) is 4.17. The second kappa shape index (κ2) is 5.39. The molecule has 1 rings (SSSR count). The molecule has 0 spiro atoms. The summed E-state index contributed by atoms with van der Waals surface area (Å²) in [7, 11) is 0. The second-order valence-electron chi connectivity index (χ2n) is 3.12. The van der Waals surface area contributed by atoms with Crippen LogP contribution >= 0.6 is 0 Å². The van der Waals surface area contributed by atoms with Gasteiger partial charge in [0.15, 0.2) is 0 Å². The maximum atomic E-state index is 12.0. The summed E-state index contributed by atoms with van der Waals surface area (Å²) in [4.78, 5) is 0. The molecule has 1 nitrogen and oxygen atoms in total. The van der Waals surface area contributed by atoms with Gasteiger partial charge in [0.1, 0.15) is 6.61 Å². The number of rotatable bonds is 4. The van der Waals surface area contributed by atoms with Crippen LogP contribution in [0.3, 0.4) is 0 Å². The van der Waals surface area contributed by atoms with Crippen molar-refractivity contribution in [2.45, 2.75) is 12.8 Å². The lowest BCUT2D eigenvalue weighted by molar-refractivity contribution is -0.0880. The molecule has 1 aromatic carbocycles. The van der Waals surface area contributed by atoms with E-state index in [4.69, 9.17) is 4.74 Å². The van der Waals surface area contributed by atoms with Crippen LogP contribution in [0.1, 0.15) is 5.56 Å². The molecule has 4 heteroatoms. The van der Waals surface area contributed by atoms with Crippen molar-refractivity contribution in [3.8, 4) is 0 Å². The van der Waals surface area contributed by atoms with Gasteiger partial charge in [-0.05, 0) is 11.6 Å². The first-order valence-electron chi connectivity index (χ1n) is 4.58. The van der Waals surface area contributed by atoms with Gasteiger partial charge in [0.05, 0.1) is 11.8 Å². The SMILES string of the molecule is C=C(/C=C/OCc1ccccc1)C(F)(F)F. The molecule has 0 fully saturated rings. The number of benzene rings is 1. The summed E-state index contributed by atoms with van der Waals surface area (Å²) in [5.74, 6) is 0. The number of alkyl halides is 3. The Labute approximate surface area is 91.9 Å². The molecule has 0 saturated heterocycles. The highest BCUT2D eigenvalue weighted by molar-refractivity contribution is 5.18. The molecule has 0 radical (unpaired) electrons. The molecule has 0 aliphatic carbocycles. The summed E-state index contributed by atoms with van der Waals surface area (Å²) < 4.78 is 40.9. The lowest BCUT2D eigenvalue weighted by Crippen LogP contribution is -2.08. The van der Waals surface area contributed by atoms with E-state index in [9.17, 15) is 13.2 Å². The van der Waals surface area contributed by atoms with Crippen molar-refractivity contribution in [3.63, 3.8) is 0 Å². The maximum Gasteiger partial charge on any atom is 0.415 e. The van der Waals surface area contributed by atoms with E-state index >= 15 is 0 Å². The van der Waals surface area contributed by atoms with Crippen LogP contribution in [0, 0.1) is 0 Å². The van der Waals surface area contributed by atoms with Gasteiger partial charge in [0.25, 0.3) is 0 Å². The van der Waals surface area contributed by atoms with Crippen LogP contribution in [-0.2, 0) is 11.3 Å². The molecule has 0 atom stereocenters. The number of hydrogen-bond donors (Lipinski definition) is 0. The minimum absolute atomic E-state index is 0.239. The first kappa shape index (κ1) is 12.4. The summed E-state index contributed by atoms with van der Waals surface area (Å²) in [6.45, 7) is 3.12. The summed E-state index contributed by atoms with van der Waals surface area (Å²) in [5.41, 5.74) is -0.0367. The number of ether oxygens (including phenoxy) is 1. The van der Waals surface area contributed by atoms with Gasteiger partial charge in [-0.15, -0.1) is 0 Å². The number of allylic oxidation sites excluding steroid dienone is 2. The van der Waals surface area contributed by atoms with Crippen molar-refractivity contribution < 1.29 is 17.9 Å². The first-order valence-corrected chi connectivity index (χ1v) is 4.58. The largest absolute Gasteiger partial charge is 0.497 e. The van der Waals surface area contributed by atoms with Gasteiger partial charge in [-0.3, -0.25) is 0 Å². The molecule has 0 bridgehead atoms. The molecule has 16 heavy (non-hydrogen) atoms. The molecule has 86 valence electrons. The van der Waals surface area contributed by atoms with E-state index in [0.29, 0.717) is 0 Å². The zero-order valence-corrected chi connectivity index (χ0v) is 8.50. The molecular formula is C12H11F3O. The standard InChI is InChI=1S/C12H11F3O/c1-10(12(13,14)15)7-8-16-9-11-5-3-2-4-6-11/h2-8H,1,9H2/b8-7+. The highest BCUT2D eigenvalue weighted by Crippen LogP contribution is 2.24. The van der Waals surface area contributed by atoms with Gasteiger partial charge in [-0.25, -0.2) is 0 Å². The third kappa shape index (κ3) is 4.21. The van der Waals surface area contributed by atoms with Crippen molar-refractivity contribution in [1.82, 2.24) is 0 Å². The summed E-state index contributed by atoms with van der Waals surface area (Å²) in [6, 6.07) is 9.16. The Bertz CT molecular complexity index is 366. The third-order valence-electron chi connectivity index (χ3n) is 1.82. The Morgan fingerprint density at radius 3 is 2.44 bits per heavy atom.